The fourth-order valence-corrected chi connectivity index (χ4v) is 2.49. The van der Waals surface area contributed by atoms with Crippen LogP contribution in [0, 0.1) is 11.6 Å². The molecule has 0 aromatic heterocycles. The largest absolute Gasteiger partial charge is 0.497 e. The Kier molecular flexibility index (Phi) is 5.92. The van der Waals surface area contributed by atoms with Gasteiger partial charge in [0.2, 0.25) is 0 Å². The maximum atomic E-state index is 13.7. The molecule has 1 atom stereocenters. The molecule has 2 aromatic rings. The van der Waals surface area contributed by atoms with Gasteiger partial charge in [-0.05, 0) is 49.5 Å². The highest BCUT2D eigenvalue weighted by molar-refractivity contribution is 7.80. The third-order valence-corrected chi connectivity index (χ3v) is 3.65. The first-order valence-corrected chi connectivity index (χ1v) is 7.60. The Morgan fingerprint density at radius 1 is 1.08 bits per heavy atom. The van der Waals surface area contributed by atoms with Crippen molar-refractivity contribution in [2.24, 2.45) is 0 Å². The predicted molar refractivity (Wildman–Crippen MR) is 93.7 cm³/mol. The third kappa shape index (κ3) is 4.32. The van der Waals surface area contributed by atoms with E-state index in [2.05, 4.69) is 10.6 Å². The SMILES string of the molecule is COc1ccc(OC)c(C(C)NC(=S)Nc2ccc(F)cc2F)c1. The number of hydrogen-bond donors (Lipinski definition) is 2. The number of hydrogen-bond acceptors (Lipinski definition) is 3. The van der Waals surface area contributed by atoms with Crippen LogP contribution in [0.5, 0.6) is 11.5 Å². The molecule has 24 heavy (non-hydrogen) atoms. The zero-order valence-electron chi connectivity index (χ0n) is 13.5. The van der Waals surface area contributed by atoms with Gasteiger partial charge in [-0.3, -0.25) is 0 Å². The molecule has 0 aliphatic rings. The van der Waals surface area contributed by atoms with E-state index in [9.17, 15) is 8.78 Å². The maximum Gasteiger partial charge on any atom is 0.171 e. The van der Waals surface area contributed by atoms with Gasteiger partial charge in [0.1, 0.15) is 23.1 Å². The summed E-state index contributed by atoms with van der Waals surface area (Å²) in [6, 6.07) is 8.43. The van der Waals surface area contributed by atoms with Crippen molar-refractivity contribution in [1.82, 2.24) is 5.32 Å². The van der Waals surface area contributed by atoms with Crippen LogP contribution in [0.3, 0.4) is 0 Å². The van der Waals surface area contributed by atoms with E-state index in [0.29, 0.717) is 11.5 Å². The monoisotopic (exact) mass is 352 g/mol. The average molecular weight is 352 g/mol. The minimum Gasteiger partial charge on any atom is -0.497 e. The lowest BCUT2D eigenvalue weighted by molar-refractivity contribution is 0.395. The van der Waals surface area contributed by atoms with Crippen LogP contribution >= 0.6 is 12.2 Å². The summed E-state index contributed by atoms with van der Waals surface area (Å²) in [5, 5.41) is 5.95. The highest BCUT2D eigenvalue weighted by Gasteiger charge is 2.14. The van der Waals surface area contributed by atoms with Crippen LogP contribution in [0.15, 0.2) is 36.4 Å². The minimum atomic E-state index is -0.717. The lowest BCUT2D eigenvalue weighted by Gasteiger charge is -2.20. The fourth-order valence-electron chi connectivity index (χ4n) is 2.20. The summed E-state index contributed by atoms with van der Waals surface area (Å²) in [6.45, 7) is 1.88. The van der Waals surface area contributed by atoms with Crippen molar-refractivity contribution in [3.05, 3.63) is 53.6 Å². The van der Waals surface area contributed by atoms with Crippen LogP contribution in [0.25, 0.3) is 0 Å². The van der Waals surface area contributed by atoms with E-state index >= 15 is 0 Å². The van der Waals surface area contributed by atoms with Gasteiger partial charge in [-0.1, -0.05) is 0 Å². The van der Waals surface area contributed by atoms with Crippen molar-refractivity contribution < 1.29 is 18.3 Å². The molecule has 2 aromatic carbocycles. The van der Waals surface area contributed by atoms with Gasteiger partial charge in [0, 0.05) is 11.6 Å². The summed E-state index contributed by atoms with van der Waals surface area (Å²) in [5.41, 5.74) is 0.930. The highest BCUT2D eigenvalue weighted by Crippen LogP contribution is 2.29. The van der Waals surface area contributed by atoms with E-state index in [4.69, 9.17) is 21.7 Å². The topological polar surface area (TPSA) is 42.5 Å². The molecule has 0 amide bonds. The van der Waals surface area contributed by atoms with Gasteiger partial charge in [0.15, 0.2) is 5.11 Å². The van der Waals surface area contributed by atoms with E-state index in [-0.39, 0.29) is 16.8 Å². The first kappa shape index (κ1) is 17.9. The Morgan fingerprint density at radius 3 is 2.46 bits per heavy atom. The van der Waals surface area contributed by atoms with Crippen molar-refractivity contribution in [1.29, 1.82) is 0 Å². The summed E-state index contributed by atoms with van der Waals surface area (Å²) >= 11 is 5.19. The van der Waals surface area contributed by atoms with Gasteiger partial charge in [-0.25, -0.2) is 8.78 Å². The molecular weight excluding hydrogens is 334 g/mol. The molecule has 0 saturated heterocycles. The van der Waals surface area contributed by atoms with Crippen LogP contribution in [-0.2, 0) is 0 Å². The molecule has 2 rings (SSSR count). The van der Waals surface area contributed by atoms with Crippen LogP contribution < -0.4 is 20.1 Å². The Labute approximate surface area is 144 Å². The molecule has 0 aliphatic carbocycles. The standard InChI is InChI=1S/C17H18F2N2O2S/c1-10(13-9-12(22-2)5-7-16(13)23-3)20-17(24)21-15-6-4-11(18)8-14(15)19/h4-10H,1-3H3,(H2,20,21,24). The second-order valence-corrected chi connectivity index (χ2v) is 5.46. The Balaban J connectivity index is 2.11. The first-order valence-electron chi connectivity index (χ1n) is 7.19. The molecule has 1 unspecified atom stereocenters. The maximum absolute atomic E-state index is 13.7. The van der Waals surface area contributed by atoms with Crippen LogP contribution in [-0.4, -0.2) is 19.3 Å². The van der Waals surface area contributed by atoms with Crippen molar-refractivity contribution in [3.8, 4) is 11.5 Å². The molecule has 0 spiro atoms. The van der Waals surface area contributed by atoms with Crippen molar-refractivity contribution in [2.75, 3.05) is 19.5 Å². The van der Waals surface area contributed by atoms with Gasteiger partial charge < -0.3 is 20.1 Å². The van der Waals surface area contributed by atoms with Crippen LogP contribution in [0.2, 0.25) is 0 Å². The lowest BCUT2D eigenvalue weighted by atomic mass is 10.1. The van der Waals surface area contributed by atoms with Gasteiger partial charge in [-0.2, -0.15) is 0 Å². The average Bonchev–Trinajstić information content (AvgIpc) is 2.56. The summed E-state index contributed by atoms with van der Waals surface area (Å²) in [6.07, 6.45) is 0. The van der Waals surface area contributed by atoms with Gasteiger partial charge >= 0.3 is 0 Å². The highest BCUT2D eigenvalue weighted by atomic mass is 32.1. The van der Waals surface area contributed by atoms with Crippen molar-refractivity contribution >= 4 is 23.0 Å². The predicted octanol–water partition coefficient (Wildman–Crippen LogP) is 4.03. The molecule has 2 N–H and O–H groups in total. The molecule has 0 bridgehead atoms. The number of nitrogens with one attached hydrogen (secondary N) is 2. The number of methoxy groups -OCH3 is 2. The second-order valence-electron chi connectivity index (χ2n) is 5.05. The summed E-state index contributed by atoms with van der Waals surface area (Å²) in [4.78, 5) is 0. The lowest BCUT2D eigenvalue weighted by Crippen LogP contribution is -2.31. The van der Waals surface area contributed by atoms with Crippen LogP contribution in [0.4, 0.5) is 14.5 Å². The Morgan fingerprint density at radius 2 is 1.83 bits per heavy atom. The van der Waals surface area contributed by atoms with E-state index in [1.807, 2.05) is 13.0 Å². The fraction of sp³-hybridized carbons (Fsp3) is 0.235. The van der Waals surface area contributed by atoms with Crippen molar-refractivity contribution in [2.45, 2.75) is 13.0 Å². The molecule has 4 nitrogen and oxygen atoms in total. The summed E-state index contributed by atoms with van der Waals surface area (Å²) < 4.78 is 37.1. The molecule has 0 aliphatic heterocycles. The number of ether oxygens (including phenoxy) is 2. The zero-order chi connectivity index (χ0) is 17.7. The number of halogens is 2. The number of rotatable bonds is 5. The first-order chi connectivity index (χ1) is 11.4. The molecule has 0 heterocycles. The quantitative estimate of drug-likeness (QED) is 0.796. The number of anilines is 1. The van der Waals surface area contributed by atoms with Gasteiger partial charge in [0.05, 0.1) is 25.9 Å². The summed E-state index contributed by atoms with van der Waals surface area (Å²) in [7, 11) is 3.15. The van der Waals surface area contributed by atoms with Crippen LogP contribution in [0.1, 0.15) is 18.5 Å². The molecule has 0 radical (unpaired) electrons. The molecule has 128 valence electrons. The normalized spacial score (nSPS) is 11.5. The van der Waals surface area contributed by atoms with E-state index < -0.39 is 11.6 Å². The number of thiocarbonyl (C=S) groups is 1. The molecule has 0 fully saturated rings. The van der Waals surface area contributed by atoms with E-state index in [1.54, 1.807) is 26.4 Å². The Bertz CT molecular complexity index is 741. The smallest absolute Gasteiger partial charge is 0.171 e. The van der Waals surface area contributed by atoms with Crippen molar-refractivity contribution in [3.63, 3.8) is 0 Å². The zero-order valence-corrected chi connectivity index (χ0v) is 14.3. The molecular formula is C17H18F2N2O2S. The Hall–Kier alpha value is -2.41. The van der Waals surface area contributed by atoms with Gasteiger partial charge in [0.25, 0.3) is 0 Å². The molecule has 0 saturated carbocycles. The van der Waals surface area contributed by atoms with E-state index in [0.717, 1.165) is 17.7 Å². The molecule has 7 heteroatoms. The van der Waals surface area contributed by atoms with Gasteiger partial charge in [-0.15, -0.1) is 0 Å². The second kappa shape index (κ2) is 7.92. The van der Waals surface area contributed by atoms with E-state index in [1.165, 1.54) is 6.07 Å². The summed E-state index contributed by atoms with van der Waals surface area (Å²) in [5.74, 6) is -0.00774. The number of benzene rings is 2. The third-order valence-electron chi connectivity index (χ3n) is 3.43. The minimum absolute atomic E-state index is 0.0960.